The molecule has 0 heterocycles. The summed E-state index contributed by atoms with van der Waals surface area (Å²) in [5, 5.41) is 0. The SMILES string of the molecule is CC(C)CCC(C)/C=C/C1CCC(C)CC1. The zero-order valence-corrected chi connectivity index (χ0v) is 11.7. The van der Waals surface area contributed by atoms with E-state index in [1.54, 1.807) is 0 Å². The van der Waals surface area contributed by atoms with Crippen LogP contribution in [0.1, 0.15) is 66.2 Å². The van der Waals surface area contributed by atoms with Gasteiger partial charge in [0.25, 0.3) is 0 Å². The highest BCUT2D eigenvalue weighted by molar-refractivity contribution is 4.93. The van der Waals surface area contributed by atoms with E-state index < -0.39 is 0 Å². The summed E-state index contributed by atoms with van der Waals surface area (Å²) in [6.45, 7) is 9.40. The Labute approximate surface area is 103 Å². The molecule has 0 N–H and O–H groups in total. The Hall–Kier alpha value is -0.260. The summed E-state index contributed by atoms with van der Waals surface area (Å²) in [4.78, 5) is 0. The highest BCUT2D eigenvalue weighted by atomic mass is 14.2. The Morgan fingerprint density at radius 3 is 2.19 bits per heavy atom. The number of allylic oxidation sites excluding steroid dienone is 2. The number of rotatable bonds is 5. The van der Waals surface area contributed by atoms with Gasteiger partial charge in [-0.2, -0.15) is 0 Å². The minimum Gasteiger partial charge on any atom is -0.0854 e. The maximum atomic E-state index is 2.51. The van der Waals surface area contributed by atoms with Crippen LogP contribution < -0.4 is 0 Å². The average molecular weight is 222 g/mol. The van der Waals surface area contributed by atoms with Gasteiger partial charge in [0.05, 0.1) is 0 Å². The van der Waals surface area contributed by atoms with E-state index in [0.29, 0.717) is 0 Å². The molecule has 0 aliphatic heterocycles. The van der Waals surface area contributed by atoms with Crippen LogP contribution in [-0.4, -0.2) is 0 Å². The summed E-state index contributed by atoms with van der Waals surface area (Å²) in [5.41, 5.74) is 0. The van der Waals surface area contributed by atoms with Crippen molar-refractivity contribution >= 4 is 0 Å². The lowest BCUT2D eigenvalue weighted by atomic mass is 9.82. The Kier molecular flexibility index (Phi) is 6.16. The van der Waals surface area contributed by atoms with Crippen molar-refractivity contribution in [1.29, 1.82) is 0 Å². The van der Waals surface area contributed by atoms with Crippen molar-refractivity contribution in [3.63, 3.8) is 0 Å². The number of hydrogen-bond donors (Lipinski definition) is 0. The molecule has 16 heavy (non-hydrogen) atoms. The molecule has 1 aliphatic carbocycles. The smallest absolute Gasteiger partial charge is 0.0233 e. The Morgan fingerprint density at radius 2 is 1.62 bits per heavy atom. The van der Waals surface area contributed by atoms with E-state index in [2.05, 4.69) is 39.8 Å². The van der Waals surface area contributed by atoms with Gasteiger partial charge < -0.3 is 0 Å². The summed E-state index contributed by atoms with van der Waals surface area (Å²) in [6.07, 6.45) is 13.4. The molecule has 1 atom stereocenters. The van der Waals surface area contributed by atoms with E-state index >= 15 is 0 Å². The van der Waals surface area contributed by atoms with Crippen LogP contribution in [0.15, 0.2) is 12.2 Å². The monoisotopic (exact) mass is 222 g/mol. The van der Waals surface area contributed by atoms with E-state index in [0.717, 1.165) is 23.7 Å². The van der Waals surface area contributed by atoms with E-state index in [-0.39, 0.29) is 0 Å². The minimum absolute atomic E-state index is 0.779. The fraction of sp³-hybridized carbons (Fsp3) is 0.875. The Balaban J connectivity index is 2.19. The molecular formula is C16H30. The summed E-state index contributed by atoms with van der Waals surface area (Å²) >= 11 is 0. The zero-order chi connectivity index (χ0) is 12.0. The minimum atomic E-state index is 0.779. The third-order valence-corrected chi connectivity index (χ3v) is 3.97. The molecule has 0 aromatic rings. The summed E-state index contributed by atoms with van der Waals surface area (Å²) in [7, 11) is 0. The van der Waals surface area contributed by atoms with E-state index in [4.69, 9.17) is 0 Å². The molecule has 0 aromatic heterocycles. The standard InChI is InChI=1S/C16H30/c1-13(2)5-6-14(3)7-10-16-11-8-15(4)9-12-16/h7,10,13-16H,5-6,8-9,11-12H2,1-4H3/b10-7+. The molecule has 1 fully saturated rings. The quantitative estimate of drug-likeness (QED) is 0.543. The second-order valence-electron chi connectivity index (χ2n) is 6.35. The van der Waals surface area contributed by atoms with Gasteiger partial charge in [-0.05, 0) is 42.9 Å². The molecule has 1 aliphatic rings. The van der Waals surface area contributed by atoms with E-state index in [1.165, 1.54) is 38.5 Å². The predicted molar refractivity (Wildman–Crippen MR) is 73.5 cm³/mol. The lowest BCUT2D eigenvalue weighted by molar-refractivity contribution is 0.329. The molecule has 1 rings (SSSR count). The fourth-order valence-corrected chi connectivity index (χ4v) is 2.52. The van der Waals surface area contributed by atoms with Gasteiger partial charge in [-0.1, -0.05) is 59.1 Å². The average Bonchev–Trinajstić information content (AvgIpc) is 2.25. The molecule has 0 amide bonds. The van der Waals surface area contributed by atoms with E-state index in [9.17, 15) is 0 Å². The molecular weight excluding hydrogens is 192 g/mol. The lowest BCUT2D eigenvalue weighted by Gasteiger charge is -2.24. The molecule has 94 valence electrons. The lowest BCUT2D eigenvalue weighted by Crippen LogP contribution is -2.10. The van der Waals surface area contributed by atoms with E-state index in [1.807, 2.05) is 0 Å². The van der Waals surface area contributed by atoms with Gasteiger partial charge >= 0.3 is 0 Å². The molecule has 0 aromatic carbocycles. The first kappa shape index (κ1) is 13.8. The van der Waals surface area contributed by atoms with Gasteiger partial charge in [-0.15, -0.1) is 0 Å². The molecule has 0 bridgehead atoms. The van der Waals surface area contributed by atoms with Crippen molar-refractivity contribution in [2.75, 3.05) is 0 Å². The maximum absolute atomic E-state index is 2.51. The zero-order valence-electron chi connectivity index (χ0n) is 11.7. The molecule has 1 unspecified atom stereocenters. The predicted octanol–water partition coefficient (Wildman–Crippen LogP) is 5.44. The van der Waals surface area contributed by atoms with Crippen molar-refractivity contribution in [3.8, 4) is 0 Å². The molecule has 0 saturated heterocycles. The third kappa shape index (κ3) is 5.72. The van der Waals surface area contributed by atoms with Crippen molar-refractivity contribution in [3.05, 3.63) is 12.2 Å². The second kappa shape index (κ2) is 7.14. The van der Waals surface area contributed by atoms with Crippen LogP contribution >= 0.6 is 0 Å². The first-order valence-electron chi connectivity index (χ1n) is 7.26. The van der Waals surface area contributed by atoms with Gasteiger partial charge in [0, 0.05) is 0 Å². The number of hydrogen-bond acceptors (Lipinski definition) is 0. The maximum Gasteiger partial charge on any atom is -0.0233 e. The Morgan fingerprint density at radius 1 is 1.00 bits per heavy atom. The summed E-state index contributed by atoms with van der Waals surface area (Å²) in [6, 6.07) is 0. The van der Waals surface area contributed by atoms with Crippen molar-refractivity contribution in [2.24, 2.45) is 23.7 Å². The van der Waals surface area contributed by atoms with Crippen molar-refractivity contribution in [1.82, 2.24) is 0 Å². The van der Waals surface area contributed by atoms with Crippen LogP contribution in [0.5, 0.6) is 0 Å². The molecule has 0 radical (unpaired) electrons. The van der Waals surface area contributed by atoms with Crippen LogP contribution in [0.4, 0.5) is 0 Å². The van der Waals surface area contributed by atoms with Crippen LogP contribution in [0, 0.1) is 23.7 Å². The summed E-state index contributed by atoms with van der Waals surface area (Å²) in [5.74, 6) is 3.49. The highest BCUT2D eigenvalue weighted by Crippen LogP contribution is 2.29. The van der Waals surface area contributed by atoms with Gasteiger partial charge in [0.2, 0.25) is 0 Å². The topological polar surface area (TPSA) is 0 Å². The first-order valence-corrected chi connectivity index (χ1v) is 7.26. The molecule has 0 spiro atoms. The first-order chi connectivity index (χ1) is 7.58. The molecule has 0 nitrogen and oxygen atoms in total. The summed E-state index contributed by atoms with van der Waals surface area (Å²) < 4.78 is 0. The normalized spacial score (nSPS) is 28.8. The van der Waals surface area contributed by atoms with Gasteiger partial charge in [0.1, 0.15) is 0 Å². The molecule has 0 heteroatoms. The third-order valence-electron chi connectivity index (χ3n) is 3.97. The van der Waals surface area contributed by atoms with Gasteiger partial charge in [-0.3, -0.25) is 0 Å². The van der Waals surface area contributed by atoms with Crippen molar-refractivity contribution < 1.29 is 0 Å². The highest BCUT2D eigenvalue weighted by Gasteiger charge is 2.15. The fourth-order valence-electron chi connectivity index (χ4n) is 2.52. The van der Waals surface area contributed by atoms with Gasteiger partial charge in [-0.25, -0.2) is 0 Å². The Bertz CT molecular complexity index is 194. The van der Waals surface area contributed by atoms with Crippen LogP contribution in [0.3, 0.4) is 0 Å². The van der Waals surface area contributed by atoms with Crippen LogP contribution in [-0.2, 0) is 0 Å². The van der Waals surface area contributed by atoms with Crippen LogP contribution in [0.2, 0.25) is 0 Å². The van der Waals surface area contributed by atoms with Gasteiger partial charge in [0.15, 0.2) is 0 Å². The second-order valence-corrected chi connectivity index (χ2v) is 6.35. The largest absolute Gasteiger partial charge is 0.0854 e. The van der Waals surface area contributed by atoms with Crippen LogP contribution in [0.25, 0.3) is 0 Å². The van der Waals surface area contributed by atoms with Crippen molar-refractivity contribution in [2.45, 2.75) is 66.2 Å². The molecule has 1 saturated carbocycles.